The van der Waals surface area contributed by atoms with Crippen LogP contribution >= 0.6 is 0 Å². The highest BCUT2D eigenvalue weighted by molar-refractivity contribution is 5.87. The first-order chi connectivity index (χ1) is 16.0. The lowest BCUT2D eigenvalue weighted by molar-refractivity contribution is 0.0972. The molecule has 0 radical (unpaired) electrons. The van der Waals surface area contributed by atoms with Crippen molar-refractivity contribution < 1.29 is 18.4 Å². The van der Waals surface area contributed by atoms with E-state index < -0.39 is 11.4 Å². The zero-order valence-corrected chi connectivity index (χ0v) is 18.1. The Labute approximate surface area is 187 Å². The largest absolute Gasteiger partial charge is 0.384 e. The number of imidazole rings is 1. The molecule has 170 valence electrons. The van der Waals surface area contributed by atoms with Crippen LogP contribution in [-0.2, 0) is 16.0 Å². The first kappa shape index (κ1) is 21.2. The van der Waals surface area contributed by atoms with E-state index in [0.717, 1.165) is 12.8 Å². The number of hydrogen-bond donors (Lipinski definition) is 0. The van der Waals surface area contributed by atoms with Crippen molar-refractivity contribution in [2.45, 2.75) is 38.3 Å². The second kappa shape index (κ2) is 8.38. The van der Waals surface area contributed by atoms with E-state index in [1.165, 1.54) is 27.4 Å². The van der Waals surface area contributed by atoms with Gasteiger partial charge in [-0.05, 0) is 25.0 Å². The number of ether oxygens (including phenoxy) is 2. The fourth-order valence-corrected chi connectivity index (χ4v) is 4.28. The molecule has 1 aliphatic rings. The zero-order valence-electron chi connectivity index (χ0n) is 18.1. The number of nitriles is 1. The molecule has 1 fully saturated rings. The molecule has 33 heavy (non-hydrogen) atoms. The van der Waals surface area contributed by atoms with Gasteiger partial charge in [0.1, 0.15) is 35.0 Å². The molecule has 0 spiro atoms. The molecule has 0 aliphatic carbocycles. The lowest BCUT2D eigenvalue weighted by Gasteiger charge is -2.17. The summed E-state index contributed by atoms with van der Waals surface area (Å²) in [6.07, 6.45) is 2.88. The minimum atomic E-state index is -0.694. The molecule has 5 rings (SSSR count). The molecule has 1 aliphatic heterocycles. The van der Waals surface area contributed by atoms with E-state index in [2.05, 4.69) is 15.1 Å². The summed E-state index contributed by atoms with van der Waals surface area (Å²) in [5.74, 6) is -0.302. The number of benzene rings is 1. The Kier molecular flexibility index (Phi) is 5.39. The minimum Gasteiger partial charge on any atom is -0.384 e. The van der Waals surface area contributed by atoms with E-state index in [-0.39, 0.29) is 46.7 Å². The van der Waals surface area contributed by atoms with Gasteiger partial charge in [-0.15, -0.1) is 0 Å². The Morgan fingerprint density at radius 3 is 2.97 bits per heavy atom. The summed E-state index contributed by atoms with van der Waals surface area (Å²) in [5, 5.41) is 13.7. The summed E-state index contributed by atoms with van der Waals surface area (Å²) in [4.78, 5) is 22.5. The number of methoxy groups -OCH3 is 1. The van der Waals surface area contributed by atoms with Crippen LogP contribution < -0.4 is 5.56 Å². The normalized spacial score (nSPS) is 17.1. The van der Waals surface area contributed by atoms with Crippen LogP contribution in [0.5, 0.6) is 0 Å². The maximum Gasteiger partial charge on any atom is 0.277 e. The van der Waals surface area contributed by atoms with Crippen LogP contribution in [0.4, 0.5) is 4.39 Å². The molecule has 0 N–H and O–H groups in total. The van der Waals surface area contributed by atoms with Gasteiger partial charge in [0.2, 0.25) is 11.7 Å². The Bertz CT molecular complexity index is 1440. The number of aromatic nitrogens is 5. The van der Waals surface area contributed by atoms with Crippen LogP contribution in [0.15, 0.2) is 27.8 Å². The van der Waals surface area contributed by atoms with E-state index in [9.17, 15) is 14.4 Å². The van der Waals surface area contributed by atoms with E-state index in [4.69, 9.17) is 14.0 Å². The Balaban J connectivity index is 1.76. The van der Waals surface area contributed by atoms with Crippen molar-refractivity contribution in [3.63, 3.8) is 0 Å². The van der Waals surface area contributed by atoms with Crippen LogP contribution in [0, 0.1) is 17.1 Å². The molecule has 0 bridgehead atoms. The van der Waals surface area contributed by atoms with Gasteiger partial charge in [0.05, 0.1) is 36.2 Å². The van der Waals surface area contributed by atoms with Crippen molar-refractivity contribution in [3.8, 4) is 17.6 Å². The van der Waals surface area contributed by atoms with Crippen molar-refractivity contribution >= 4 is 16.6 Å². The van der Waals surface area contributed by atoms with E-state index in [1.54, 1.807) is 7.11 Å². The number of hydrogen-bond acceptors (Lipinski definition) is 8. The first-order valence-corrected chi connectivity index (χ1v) is 10.6. The predicted molar refractivity (Wildman–Crippen MR) is 114 cm³/mol. The van der Waals surface area contributed by atoms with Gasteiger partial charge in [-0.25, -0.2) is 9.37 Å². The fraction of sp³-hybridized carbons (Fsp3) is 0.409. The van der Waals surface area contributed by atoms with Crippen LogP contribution in [0.3, 0.4) is 0 Å². The van der Waals surface area contributed by atoms with Gasteiger partial charge in [-0.3, -0.25) is 9.20 Å². The molecule has 10 nitrogen and oxygen atoms in total. The van der Waals surface area contributed by atoms with Gasteiger partial charge in [-0.2, -0.15) is 10.2 Å². The predicted octanol–water partition coefficient (Wildman–Crippen LogP) is 2.64. The molecule has 2 unspecified atom stereocenters. The standard InChI is InChI=1S/C22H21FN6O4/c1-12(10-31-2)21-26-20(27-33-21)17-19-22(30)28(9-13-4-3-7-32-13)18-14(8-24)15(23)5-6-16(18)29(19)11-25-17/h5-6,11-13H,3-4,7,9-10H2,1-2H3. The van der Waals surface area contributed by atoms with Crippen molar-refractivity contribution in [1.82, 2.24) is 24.1 Å². The number of halogens is 1. The van der Waals surface area contributed by atoms with E-state index in [0.29, 0.717) is 24.6 Å². The van der Waals surface area contributed by atoms with Crippen LogP contribution in [0.2, 0.25) is 0 Å². The molecule has 0 amide bonds. The maximum atomic E-state index is 14.5. The fourth-order valence-electron chi connectivity index (χ4n) is 4.28. The van der Waals surface area contributed by atoms with Crippen LogP contribution in [0.1, 0.15) is 37.1 Å². The van der Waals surface area contributed by atoms with Crippen molar-refractivity contribution in [3.05, 3.63) is 46.1 Å². The lowest BCUT2D eigenvalue weighted by Crippen LogP contribution is -2.29. The van der Waals surface area contributed by atoms with Gasteiger partial charge in [0.15, 0.2) is 0 Å². The summed E-state index contributed by atoms with van der Waals surface area (Å²) >= 11 is 0. The second-order valence-electron chi connectivity index (χ2n) is 8.08. The molecule has 1 aromatic carbocycles. The molecule has 1 saturated heterocycles. The van der Waals surface area contributed by atoms with Crippen LogP contribution in [0.25, 0.3) is 28.1 Å². The monoisotopic (exact) mass is 452 g/mol. The van der Waals surface area contributed by atoms with Crippen molar-refractivity contribution in [2.75, 3.05) is 20.3 Å². The Hall–Kier alpha value is -3.62. The topological polar surface area (TPSA) is 120 Å². The number of rotatable bonds is 6. The average molecular weight is 452 g/mol. The highest BCUT2D eigenvalue weighted by atomic mass is 19.1. The lowest BCUT2D eigenvalue weighted by atomic mass is 10.1. The molecular formula is C22H21FN6O4. The third-order valence-electron chi connectivity index (χ3n) is 5.86. The summed E-state index contributed by atoms with van der Waals surface area (Å²) in [5.41, 5.74) is 0.486. The quantitative estimate of drug-likeness (QED) is 0.438. The minimum absolute atomic E-state index is 0.136. The SMILES string of the molecule is COCC(C)c1nc(-c2ncn3c2c(=O)n(CC2CCCO2)c2c(C#N)c(F)ccc23)no1. The maximum absolute atomic E-state index is 14.5. The zero-order chi connectivity index (χ0) is 23.1. The van der Waals surface area contributed by atoms with Gasteiger partial charge in [-0.1, -0.05) is 12.1 Å². The average Bonchev–Trinajstić information content (AvgIpc) is 3.57. The number of nitrogens with zero attached hydrogens (tertiary/aromatic N) is 6. The molecule has 2 atom stereocenters. The summed E-state index contributed by atoms with van der Waals surface area (Å²) < 4.78 is 33.7. The number of fused-ring (bicyclic) bond motifs is 3. The highest BCUT2D eigenvalue weighted by Crippen LogP contribution is 2.27. The van der Waals surface area contributed by atoms with Gasteiger partial charge < -0.3 is 18.6 Å². The van der Waals surface area contributed by atoms with Crippen LogP contribution in [-0.4, -0.2) is 50.5 Å². The Morgan fingerprint density at radius 1 is 1.39 bits per heavy atom. The third kappa shape index (κ3) is 3.48. The van der Waals surface area contributed by atoms with Gasteiger partial charge in [0.25, 0.3) is 5.56 Å². The smallest absolute Gasteiger partial charge is 0.277 e. The molecule has 0 saturated carbocycles. The van der Waals surface area contributed by atoms with E-state index >= 15 is 0 Å². The third-order valence-corrected chi connectivity index (χ3v) is 5.86. The molecule has 4 heterocycles. The van der Waals surface area contributed by atoms with Crippen molar-refractivity contribution in [1.29, 1.82) is 5.26 Å². The molecule has 3 aromatic heterocycles. The Morgan fingerprint density at radius 2 is 2.24 bits per heavy atom. The first-order valence-electron chi connectivity index (χ1n) is 10.6. The summed E-state index contributed by atoms with van der Waals surface area (Å²) in [7, 11) is 1.58. The van der Waals surface area contributed by atoms with E-state index in [1.807, 2.05) is 13.0 Å². The van der Waals surface area contributed by atoms with Gasteiger partial charge in [0, 0.05) is 13.7 Å². The summed E-state index contributed by atoms with van der Waals surface area (Å²) in [6.45, 7) is 3.07. The second-order valence-corrected chi connectivity index (χ2v) is 8.08. The summed E-state index contributed by atoms with van der Waals surface area (Å²) in [6, 6.07) is 4.63. The molecular weight excluding hydrogens is 431 g/mol. The highest BCUT2D eigenvalue weighted by Gasteiger charge is 2.26. The van der Waals surface area contributed by atoms with Gasteiger partial charge >= 0.3 is 0 Å². The van der Waals surface area contributed by atoms with Crippen molar-refractivity contribution in [2.24, 2.45) is 0 Å². The molecule has 4 aromatic rings. The molecule has 11 heteroatoms.